The van der Waals surface area contributed by atoms with E-state index in [4.69, 9.17) is 9.15 Å². The van der Waals surface area contributed by atoms with Gasteiger partial charge in [-0.25, -0.2) is 0 Å². The van der Waals surface area contributed by atoms with Crippen LogP contribution in [0.3, 0.4) is 0 Å². The second kappa shape index (κ2) is 11.2. The largest absolute Gasteiger partial charge is 0.497 e. The minimum absolute atomic E-state index is 0.134. The Hall–Kier alpha value is -2.31. The van der Waals surface area contributed by atoms with E-state index in [0.29, 0.717) is 12.3 Å². The molecule has 3 N–H and O–H groups in total. The summed E-state index contributed by atoms with van der Waals surface area (Å²) < 4.78 is 11.1. The predicted octanol–water partition coefficient (Wildman–Crippen LogP) is 1.25. The van der Waals surface area contributed by atoms with Gasteiger partial charge in [-0.15, -0.1) is 0 Å². The zero-order valence-electron chi connectivity index (χ0n) is 18.6. The normalized spacial score (nSPS) is 15.9. The lowest BCUT2D eigenvalue weighted by Crippen LogP contribution is -3.13. The molecule has 2 heterocycles. The van der Waals surface area contributed by atoms with Crippen LogP contribution in [-0.4, -0.2) is 45.7 Å². The van der Waals surface area contributed by atoms with Crippen LogP contribution in [-0.2, 0) is 6.54 Å². The standard InChI is InChI=1S/C24H35N3O3/c1-4-26(5-2)18-21-13-14-23(30-21)24(28)25-17-22(27-15-7-6-8-16-27)19-9-11-20(29-3)12-10-19/h9-14,22H,4-8,15-18H2,1-3H3,(H,25,28)/p+2/t22-/m0/s1. The van der Waals surface area contributed by atoms with Gasteiger partial charge in [-0.1, -0.05) is 0 Å². The quantitative estimate of drug-likeness (QED) is 0.547. The van der Waals surface area contributed by atoms with Crippen LogP contribution < -0.4 is 19.9 Å². The van der Waals surface area contributed by atoms with Gasteiger partial charge in [-0.3, -0.25) is 4.79 Å². The SMILES string of the molecule is CC[NH+](CC)Cc1ccc(C(=O)NC[C@@H](c2ccc(OC)cc2)[NH+]2CCCCC2)o1. The van der Waals surface area contributed by atoms with Crippen molar-refractivity contribution in [3.63, 3.8) is 0 Å². The van der Waals surface area contributed by atoms with Gasteiger partial charge in [0.2, 0.25) is 0 Å². The summed E-state index contributed by atoms with van der Waals surface area (Å²) in [5.41, 5.74) is 1.23. The minimum Gasteiger partial charge on any atom is -0.497 e. The first kappa shape index (κ1) is 22.4. The van der Waals surface area contributed by atoms with E-state index in [9.17, 15) is 4.79 Å². The fraction of sp³-hybridized carbons (Fsp3) is 0.542. The van der Waals surface area contributed by atoms with E-state index in [0.717, 1.165) is 44.2 Å². The Balaban J connectivity index is 1.65. The molecule has 0 unspecified atom stereocenters. The molecule has 0 spiro atoms. The highest BCUT2D eigenvalue weighted by molar-refractivity contribution is 5.91. The number of piperidine rings is 1. The molecule has 1 aromatic heterocycles. The molecule has 1 aromatic carbocycles. The molecule has 1 saturated heterocycles. The van der Waals surface area contributed by atoms with Gasteiger partial charge in [0.1, 0.15) is 18.3 Å². The van der Waals surface area contributed by atoms with Crippen molar-refractivity contribution >= 4 is 5.91 Å². The molecule has 0 bridgehead atoms. The molecule has 6 heteroatoms. The first-order chi connectivity index (χ1) is 14.6. The smallest absolute Gasteiger partial charge is 0.287 e. The summed E-state index contributed by atoms with van der Waals surface area (Å²) in [6, 6.07) is 12.2. The highest BCUT2D eigenvalue weighted by Crippen LogP contribution is 2.17. The van der Waals surface area contributed by atoms with E-state index in [1.54, 1.807) is 13.2 Å². The van der Waals surface area contributed by atoms with Gasteiger partial charge >= 0.3 is 0 Å². The summed E-state index contributed by atoms with van der Waals surface area (Å²) in [6.45, 7) is 10.1. The number of carbonyl (C=O) groups excluding carboxylic acids is 1. The van der Waals surface area contributed by atoms with E-state index >= 15 is 0 Å². The first-order valence-corrected chi connectivity index (χ1v) is 11.3. The molecule has 1 amide bonds. The van der Waals surface area contributed by atoms with E-state index in [2.05, 4.69) is 31.3 Å². The number of rotatable bonds is 10. The van der Waals surface area contributed by atoms with Gasteiger partial charge in [0.15, 0.2) is 11.5 Å². The Kier molecular flexibility index (Phi) is 8.34. The maximum absolute atomic E-state index is 12.8. The fourth-order valence-corrected chi connectivity index (χ4v) is 4.31. The van der Waals surface area contributed by atoms with E-state index in [1.165, 1.54) is 34.6 Å². The van der Waals surface area contributed by atoms with Gasteiger partial charge in [0.05, 0.1) is 39.8 Å². The average molecular weight is 416 g/mol. The molecule has 2 aromatic rings. The molecule has 0 radical (unpaired) electrons. The number of carbonyl (C=O) groups is 1. The van der Waals surface area contributed by atoms with Gasteiger partial charge in [-0.2, -0.15) is 0 Å². The number of furan rings is 1. The number of ether oxygens (including phenoxy) is 1. The highest BCUT2D eigenvalue weighted by Gasteiger charge is 2.27. The minimum atomic E-state index is -0.134. The Bertz CT molecular complexity index is 777. The number of likely N-dealkylation sites (tertiary alicyclic amines) is 1. The van der Waals surface area contributed by atoms with Crippen LogP contribution in [0.2, 0.25) is 0 Å². The Morgan fingerprint density at radius 1 is 1.10 bits per heavy atom. The number of hydrogen-bond acceptors (Lipinski definition) is 3. The summed E-state index contributed by atoms with van der Waals surface area (Å²) in [5, 5.41) is 3.13. The Morgan fingerprint density at radius 3 is 2.43 bits per heavy atom. The van der Waals surface area contributed by atoms with Crippen molar-refractivity contribution in [3.05, 3.63) is 53.5 Å². The molecule has 0 saturated carbocycles. The number of benzene rings is 1. The molecule has 6 nitrogen and oxygen atoms in total. The van der Waals surface area contributed by atoms with Gasteiger partial charge in [0.25, 0.3) is 5.91 Å². The molecular formula is C24H37N3O3+2. The summed E-state index contributed by atoms with van der Waals surface area (Å²) in [7, 11) is 1.68. The maximum atomic E-state index is 12.8. The first-order valence-electron chi connectivity index (χ1n) is 11.3. The van der Waals surface area contributed by atoms with Crippen LogP contribution in [0.15, 0.2) is 40.8 Å². The summed E-state index contributed by atoms with van der Waals surface area (Å²) in [5.74, 6) is 1.99. The summed E-state index contributed by atoms with van der Waals surface area (Å²) in [6.07, 6.45) is 3.78. The van der Waals surface area contributed by atoms with E-state index in [1.807, 2.05) is 18.2 Å². The van der Waals surface area contributed by atoms with Crippen molar-refractivity contribution in [2.45, 2.75) is 45.7 Å². The van der Waals surface area contributed by atoms with Gasteiger partial charge in [-0.05, 0) is 69.5 Å². The van der Waals surface area contributed by atoms with Crippen LogP contribution in [0.25, 0.3) is 0 Å². The van der Waals surface area contributed by atoms with Crippen LogP contribution in [0.4, 0.5) is 0 Å². The average Bonchev–Trinajstić information content (AvgIpc) is 3.27. The third-order valence-corrected chi connectivity index (χ3v) is 6.28. The molecule has 1 atom stereocenters. The number of methoxy groups -OCH3 is 1. The van der Waals surface area contributed by atoms with Crippen LogP contribution in [0.5, 0.6) is 5.75 Å². The van der Waals surface area contributed by atoms with Crippen molar-refractivity contribution in [1.29, 1.82) is 0 Å². The van der Waals surface area contributed by atoms with Gasteiger partial charge < -0.3 is 24.3 Å². The Morgan fingerprint density at radius 2 is 1.80 bits per heavy atom. The number of hydrogen-bond donors (Lipinski definition) is 3. The molecule has 3 rings (SSSR count). The molecule has 1 fully saturated rings. The molecule has 1 aliphatic heterocycles. The van der Waals surface area contributed by atoms with Crippen molar-refractivity contribution in [1.82, 2.24) is 5.32 Å². The summed E-state index contributed by atoms with van der Waals surface area (Å²) >= 11 is 0. The van der Waals surface area contributed by atoms with Crippen LogP contribution in [0.1, 0.15) is 61.0 Å². The van der Waals surface area contributed by atoms with Crippen molar-refractivity contribution in [3.8, 4) is 5.75 Å². The van der Waals surface area contributed by atoms with Crippen molar-refractivity contribution in [2.75, 3.05) is 39.8 Å². The number of quaternary nitrogens is 2. The van der Waals surface area contributed by atoms with Crippen LogP contribution in [0, 0.1) is 0 Å². The molecule has 30 heavy (non-hydrogen) atoms. The molecule has 164 valence electrons. The lowest BCUT2D eigenvalue weighted by Gasteiger charge is -2.32. The fourth-order valence-electron chi connectivity index (χ4n) is 4.31. The monoisotopic (exact) mass is 415 g/mol. The summed E-state index contributed by atoms with van der Waals surface area (Å²) in [4.78, 5) is 15.7. The maximum Gasteiger partial charge on any atom is 0.287 e. The predicted molar refractivity (Wildman–Crippen MR) is 117 cm³/mol. The number of nitrogens with one attached hydrogen (secondary N) is 3. The van der Waals surface area contributed by atoms with Crippen LogP contribution >= 0.6 is 0 Å². The Labute approximate surface area is 180 Å². The van der Waals surface area contributed by atoms with Crippen molar-refractivity contribution in [2.24, 2.45) is 0 Å². The van der Waals surface area contributed by atoms with E-state index in [-0.39, 0.29) is 11.9 Å². The molecular weight excluding hydrogens is 378 g/mol. The van der Waals surface area contributed by atoms with Crippen molar-refractivity contribution < 1.29 is 23.7 Å². The number of amides is 1. The van der Waals surface area contributed by atoms with Gasteiger partial charge in [0, 0.05) is 5.56 Å². The lowest BCUT2D eigenvalue weighted by atomic mass is 10.0. The molecule has 1 aliphatic rings. The molecule has 0 aliphatic carbocycles. The highest BCUT2D eigenvalue weighted by atomic mass is 16.5. The second-order valence-corrected chi connectivity index (χ2v) is 8.15. The third kappa shape index (κ3) is 5.86. The zero-order chi connectivity index (χ0) is 21.3. The second-order valence-electron chi connectivity index (χ2n) is 8.15. The topological polar surface area (TPSA) is 60.3 Å². The van der Waals surface area contributed by atoms with E-state index < -0.39 is 0 Å². The lowest BCUT2D eigenvalue weighted by molar-refractivity contribution is -0.935. The zero-order valence-corrected chi connectivity index (χ0v) is 18.6. The third-order valence-electron chi connectivity index (χ3n) is 6.28.